The predicted octanol–water partition coefficient (Wildman–Crippen LogP) is 13.9. The lowest BCUT2D eigenvalue weighted by atomic mass is 10.0. The number of allylic oxidation sites excluding steroid dienone is 5. The lowest BCUT2D eigenvalue weighted by molar-refractivity contribution is -0.131. The molecule has 0 bridgehead atoms. The third-order valence-corrected chi connectivity index (χ3v) is 11.0. The Hall–Kier alpha value is -1.43. The van der Waals surface area contributed by atoms with Crippen LogP contribution in [0.4, 0.5) is 0 Å². The SMILES string of the molecule is CCCCCCCCCC/C=C\CCCCCCCCC(O)C(=O)NC(CO)C(O)/C=C/CC/C=C/CCCCCCCCCCCCCCCCCC. The molecule has 0 heterocycles. The molecule has 3 atom stereocenters. The van der Waals surface area contributed by atoms with Gasteiger partial charge in [0.2, 0.25) is 5.91 Å². The van der Waals surface area contributed by atoms with E-state index < -0.39 is 24.2 Å². The van der Waals surface area contributed by atoms with Crippen LogP contribution in [-0.4, -0.2) is 46.1 Å². The van der Waals surface area contributed by atoms with Gasteiger partial charge in [0.25, 0.3) is 0 Å². The molecule has 0 rings (SSSR count). The molecule has 1 amide bonds. The molecule has 0 aromatic rings. The zero-order chi connectivity index (χ0) is 39.4. The van der Waals surface area contributed by atoms with Crippen LogP contribution in [0.3, 0.4) is 0 Å². The zero-order valence-electron chi connectivity index (χ0n) is 36.1. The first-order valence-corrected chi connectivity index (χ1v) is 23.8. The van der Waals surface area contributed by atoms with Crippen LogP contribution in [0.2, 0.25) is 0 Å². The van der Waals surface area contributed by atoms with Crippen molar-refractivity contribution in [1.29, 1.82) is 0 Å². The van der Waals surface area contributed by atoms with Gasteiger partial charge in [0, 0.05) is 0 Å². The van der Waals surface area contributed by atoms with Crippen molar-refractivity contribution in [2.45, 2.75) is 263 Å². The summed E-state index contributed by atoms with van der Waals surface area (Å²) in [7, 11) is 0. The van der Waals surface area contributed by atoms with Crippen LogP contribution in [0.1, 0.15) is 245 Å². The summed E-state index contributed by atoms with van der Waals surface area (Å²) < 4.78 is 0. The first kappa shape index (κ1) is 52.6. The predicted molar refractivity (Wildman–Crippen MR) is 236 cm³/mol. The van der Waals surface area contributed by atoms with Crippen LogP contribution < -0.4 is 5.32 Å². The highest BCUT2D eigenvalue weighted by molar-refractivity contribution is 5.80. The van der Waals surface area contributed by atoms with E-state index in [9.17, 15) is 20.1 Å². The molecular weight excluding hydrogens is 667 g/mol. The molecule has 4 N–H and O–H groups in total. The maximum absolute atomic E-state index is 12.5. The van der Waals surface area contributed by atoms with Gasteiger partial charge in [0.1, 0.15) is 6.10 Å². The smallest absolute Gasteiger partial charge is 0.249 e. The van der Waals surface area contributed by atoms with Gasteiger partial charge < -0.3 is 20.6 Å². The largest absolute Gasteiger partial charge is 0.394 e. The first-order chi connectivity index (χ1) is 26.6. The van der Waals surface area contributed by atoms with Gasteiger partial charge >= 0.3 is 0 Å². The van der Waals surface area contributed by atoms with Crippen molar-refractivity contribution in [1.82, 2.24) is 5.32 Å². The van der Waals surface area contributed by atoms with Gasteiger partial charge in [-0.2, -0.15) is 0 Å². The van der Waals surface area contributed by atoms with Crippen molar-refractivity contribution in [2.24, 2.45) is 0 Å². The second-order valence-corrected chi connectivity index (χ2v) is 16.3. The van der Waals surface area contributed by atoms with Crippen molar-refractivity contribution < 1.29 is 20.1 Å². The molecule has 5 heteroatoms. The number of aliphatic hydroxyl groups excluding tert-OH is 3. The summed E-state index contributed by atoms with van der Waals surface area (Å²) >= 11 is 0. The monoisotopic (exact) mass is 760 g/mol. The highest BCUT2D eigenvalue weighted by Gasteiger charge is 2.22. The number of amides is 1. The fraction of sp³-hybridized carbons (Fsp3) is 0.857. The quantitative estimate of drug-likeness (QED) is 0.0368. The Morgan fingerprint density at radius 1 is 0.444 bits per heavy atom. The van der Waals surface area contributed by atoms with Crippen LogP contribution in [0.15, 0.2) is 36.5 Å². The molecule has 0 fully saturated rings. The second-order valence-electron chi connectivity index (χ2n) is 16.3. The fourth-order valence-electron chi connectivity index (χ4n) is 7.20. The summed E-state index contributed by atoms with van der Waals surface area (Å²) in [6, 6.07) is -0.816. The molecular formula is C49H93NO4. The molecule has 0 radical (unpaired) electrons. The number of hydrogen-bond acceptors (Lipinski definition) is 4. The molecule has 0 spiro atoms. The second kappa shape index (κ2) is 44.3. The van der Waals surface area contributed by atoms with Crippen molar-refractivity contribution in [3.8, 4) is 0 Å². The number of carbonyl (C=O) groups is 1. The summed E-state index contributed by atoms with van der Waals surface area (Å²) in [6.07, 6.45) is 56.2. The van der Waals surface area contributed by atoms with Crippen LogP contribution >= 0.6 is 0 Å². The summed E-state index contributed by atoms with van der Waals surface area (Å²) in [5.74, 6) is -0.516. The summed E-state index contributed by atoms with van der Waals surface area (Å²) in [6.45, 7) is 4.18. The van der Waals surface area contributed by atoms with Gasteiger partial charge in [-0.1, -0.05) is 224 Å². The minimum Gasteiger partial charge on any atom is -0.394 e. The number of unbranched alkanes of at least 4 members (excludes halogenated alkanes) is 31. The van der Waals surface area contributed by atoms with E-state index in [0.717, 1.165) is 38.5 Å². The molecule has 0 saturated heterocycles. The van der Waals surface area contributed by atoms with Crippen molar-refractivity contribution in [3.63, 3.8) is 0 Å². The zero-order valence-corrected chi connectivity index (χ0v) is 36.1. The van der Waals surface area contributed by atoms with Crippen LogP contribution in [-0.2, 0) is 4.79 Å². The first-order valence-electron chi connectivity index (χ1n) is 23.8. The highest BCUT2D eigenvalue weighted by atomic mass is 16.3. The Kier molecular flexibility index (Phi) is 43.1. The summed E-state index contributed by atoms with van der Waals surface area (Å²) in [4.78, 5) is 12.5. The lowest BCUT2D eigenvalue weighted by Gasteiger charge is -2.21. The topological polar surface area (TPSA) is 89.8 Å². The van der Waals surface area contributed by atoms with Gasteiger partial charge in [0.05, 0.1) is 18.8 Å². The summed E-state index contributed by atoms with van der Waals surface area (Å²) in [5, 5.41) is 33.2. The molecule has 318 valence electrons. The molecule has 0 aromatic carbocycles. The van der Waals surface area contributed by atoms with E-state index >= 15 is 0 Å². The van der Waals surface area contributed by atoms with Gasteiger partial charge in [0.15, 0.2) is 0 Å². The summed E-state index contributed by atoms with van der Waals surface area (Å²) in [5.41, 5.74) is 0. The third kappa shape index (κ3) is 38.8. The average Bonchev–Trinajstić information content (AvgIpc) is 3.18. The Labute approximate surface area is 336 Å². The molecule has 54 heavy (non-hydrogen) atoms. The van der Waals surface area contributed by atoms with Gasteiger partial charge in [-0.3, -0.25) is 4.79 Å². The van der Waals surface area contributed by atoms with Gasteiger partial charge in [-0.25, -0.2) is 0 Å². The minimum atomic E-state index is -1.11. The number of nitrogens with one attached hydrogen (secondary N) is 1. The van der Waals surface area contributed by atoms with E-state index in [2.05, 4.69) is 43.5 Å². The minimum absolute atomic E-state index is 0.377. The van der Waals surface area contributed by atoms with Crippen molar-refractivity contribution in [2.75, 3.05) is 6.61 Å². The maximum Gasteiger partial charge on any atom is 0.249 e. The Morgan fingerprint density at radius 3 is 1.13 bits per heavy atom. The Balaban J connectivity index is 3.69. The molecule has 0 aliphatic rings. The van der Waals surface area contributed by atoms with E-state index in [-0.39, 0.29) is 6.61 Å². The number of hydrogen-bond donors (Lipinski definition) is 4. The van der Waals surface area contributed by atoms with Gasteiger partial charge in [-0.05, 0) is 57.8 Å². The molecule has 3 unspecified atom stereocenters. The number of carbonyl (C=O) groups excluding carboxylic acids is 1. The number of aliphatic hydroxyl groups is 3. The fourth-order valence-corrected chi connectivity index (χ4v) is 7.20. The van der Waals surface area contributed by atoms with E-state index in [4.69, 9.17) is 0 Å². The average molecular weight is 760 g/mol. The van der Waals surface area contributed by atoms with E-state index in [1.807, 2.05) is 6.08 Å². The van der Waals surface area contributed by atoms with E-state index in [0.29, 0.717) is 6.42 Å². The molecule has 0 aromatic heterocycles. The normalized spacial score (nSPS) is 13.8. The highest BCUT2D eigenvalue weighted by Crippen LogP contribution is 2.15. The maximum atomic E-state index is 12.5. The van der Waals surface area contributed by atoms with E-state index in [1.54, 1.807) is 6.08 Å². The van der Waals surface area contributed by atoms with E-state index in [1.165, 1.54) is 186 Å². The van der Waals surface area contributed by atoms with Crippen LogP contribution in [0.25, 0.3) is 0 Å². The van der Waals surface area contributed by atoms with Crippen LogP contribution in [0.5, 0.6) is 0 Å². The Morgan fingerprint density at radius 2 is 0.759 bits per heavy atom. The molecule has 0 aliphatic heterocycles. The van der Waals surface area contributed by atoms with Gasteiger partial charge in [-0.15, -0.1) is 0 Å². The molecule has 0 saturated carbocycles. The van der Waals surface area contributed by atoms with Crippen LogP contribution in [0, 0.1) is 0 Å². The Bertz CT molecular complexity index is 840. The molecule has 0 aliphatic carbocycles. The van der Waals surface area contributed by atoms with Crippen molar-refractivity contribution >= 4 is 5.91 Å². The third-order valence-electron chi connectivity index (χ3n) is 11.0. The lowest BCUT2D eigenvalue weighted by Crippen LogP contribution is -2.48. The molecule has 5 nitrogen and oxygen atoms in total. The van der Waals surface area contributed by atoms with Crippen molar-refractivity contribution in [3.05, 3.63) is 36.5 Å². The standard InChI is InChI=1S/C49H93NO4/c1-3-5-7-9-11-13-15-17-19-21-23-24-25-26-28-29-31-33-35-37-39-41-43-47(52)46(45-51)50-49(54)48(53)44-42-40-38-36-34-32-30-27-22-20-18-16-14-12-10-8-6-4-2/h22,27,33,35,41,43,46-48,51-53H,3-21,23-26,28-32,34,36-40,42,44-45H2,1-2H3,(H,50,54)/b27-22-,35-33+,43-41+. The number of rotatable bonds is 43.